The van der Waals surface area contributed by atoms with E-state index in [9.17, 15) is 22.8 Å². The second kappa shape index (κ2) is 15.9. The minimum Gasteiger partial charge on any atom is -0.352 e. The molecule has 2 aromatic carbocycles. The Kier molecular flexibility index (Phi) is 13.0. The van der Waals surface area contributed by atoms with Crippen molar-refractivity contribution in [2.24, 2.45) is 0 Å². The Morgan fingerprint density at radius 2 is 1.35 bits per heavy atom. The van der Waals surface area contributed by atoms with Crippen LogP contribution in [0.25, 0.3) is 0 Å². The molecule has 0 aliphatic heterocycles. The van der Waals surface area contributed by atoms with E-state index in [0.717, 1.165) is 25.0 Å². The molecule has 0 saturated heterocycles. The van der Waals surface area contributed by atoms with E-state index in [4.69, 9.17) is 4.84 Å². The first-order valence-corrected chi connectivity index (χ1v) is 13.2. The van der Waals surface area contributed by atoms with E-state index in [2.05, 4.69) is 12.2 Å². The van der Waals surface area contributed by atoms with Gasteiger partial charge in [-0.1, -0.05) is 76.8 Å². The molecule has 0 heterocycles. The number of unbranched alkanes of at least 4 members (excludes halogenated alkanes) is 9. The lowest BCUT2D eigenvalue weighted by atomic mass is 10.1. The summed E-state index contributed by atoms with van der Waals surface area (Å²) in [6, 6.07) is 11.2. The number of anilines is 1. The van der Waals surface area contributed by atoms with Crippen molar-refractivity contribution in [2.75, 3.05) is 11.6 Å². The Hall–Kier alpha value is -3.03. The minimum atomic E-state index is -4.42. The third kappa shape index (κ3) is 11.7. The lowest BCUT2D eigenvalue weighted by molar-refractivity contribution is -0.142. The fourth-order valence-electron chi connectivity index (χ4n) is 3.99. The van der Waals surface area contributed by atoms with Crippen LogP contribution in [0.1, 0.15) is 99.5 Å². The van der Waals surface area contributed by atoms with Gasteiger partial charge in [0, 0.05) is 19.0 Å². The number of alkyl halides is 3. The van der Waals surface area contributed by atoms with Gasteiger partial charge in [-0.15, -0.1) is 0 Å². The number of nitrogens with zero attached hydrogens (tertiary/aromatic N) is 1. The van der Waals surface area contributed by atoms with E-state index in [1.807, 2.05) is 0 Å². The summed E-state index contributed by atoms with van der Waals surface area (Å²) in [5.74, 6) is -0.741. The van der Waals surface area contributed by atoms with E-state index >= 15 is 0 Å². The van der Waals surface area contributed by atoms with E-state index < -0.39 is 17.7 Å². The van der Waals surface area contributed by atoms with Crippen molar-refractivity contribution in [1.29, 1.82) is 0 Å². The Bertz CT molecular complexity index is 944. The van der Waals surface area contributed by atoms with Crippen LogP contribution >= 0.6 is 0 Å². The fourth-order valence-corrected chi connectivity index (χ4v) is 3.99. The summed E-state index contributed by atoms with van der Waals surface area (Å²) in [7, 11) is 0. The number of nitrogens with one attached hydrogen (secondary N) is 1. The number of amides is 1. The summed E-state index contributed by atoms with van der Waals surface area (Å²) in [6.45, 7) is 4.14. The van der Waals surface area contributed by atoms with Crippen molar-refractivity contribution >= 4 is 17.6 Å². The number of hydroxylamine groups is 1. The summed E-state index contributed by atoms with van der Waals surface area (Å²) in [4.78, 5) is 29.3. The van der Waals surface area contributed by atoms with E-state index in [0.29, 0.717) is 23.4 Å². The Morgan fingerprint density at radius 3 is 1.86 bits per heavy atom. The van der Waals surface area contributed by atoms with Crippen LogP contribution < -0.4 is 10.4 Å². The van der Waals surface area contributed by atoms with Crippen molar-refractivity contribution in [1.82, 2.24) is 5.32 Å². The van der Waals surface area contributed by atoms with E-state index in [1.165, 1.54) is 75.5 Å². The normalized spacial score (nSPS) is 11.3. The third-order valence-electron chi connectivity index (χ3n) is 6.08. The molecule has 8 heteroatoms. The highest BCUT2D eigenvalue weighted by molar-refractivity contribution is 5.94. The second-order valence-electron chi connectivity index (χ2n) is 9.30. The van der Waals surface area contributed by atoms with Crippen LogP contribution in [0, 0.1) is 0 Å². The zero-order chi connectivity index (χ0) is 27.1. The maximum absolute atomic E-state index is 12.8. The summed E-state index contributed by atoms with van der Waals surface area (Å²) in [5.41, 5.74) is 0.769. The molecule has 37 heavy (non-hydrogen) atoms. The van der Waals surface area contributed by atoms with E-state index in [-0.39, 0.29) is 12.5 Å². The quantitative estimate of drug-likeness (QED) is 0.181. The largest absolute Gasteiger partial charge is 0.416 e. The zero-order valence-electron chi connectivity index (χ0n) is 21.9. The van der Waals surface area contributed by atoms with Crippen LogP contribution in [0.5, 0.6) is 0 Å². The molecule has 0 atom stereocenters. The van der Waals surface area contributed by atoms with Crippen LogP contribution in [0.4, 0.5) is 18.9 Å². The number of benzene rings is 2. The van der Waals surface area contributed by atoms with Crippen LogP contribution in [-0.4, -0.2) is 18.4 Å². The summed E-state index contributed by atoms with van der Waals surface area (Å²) in [6.07, 6.45) is 7.90. The standard InChI is InChI=1S/C29H39F3N2O3/c1-3-4-5-6-7-8-9-10-11-12-21-33-28(36)25-15-19-27(20-16-25)34(37-23(2)35)22-24-13-17-26(18-14-24)29(30,31)32/h13-20H,3-12,21-22H2,1-2H3,(H,33,36). The summed E-state index contributed by atoms with van der Waals surface area (Å²) < 4.78 is 38.4. The molecule has 0 saturated carbocycles. The van der Waals surface area contributed by atoms with Gasteiger partial charge < -0.3 is 10.2 Å². The van der Waals surface area contributed by atoms with Crippen LogP contribution in [0.3, 0.4) is 0 Å². The van der Waals surface area contributed by atoms with Gasteiger partial charge in [0.05, 0.1) is 17.8 Å². The molecule has 0 spiro atoms. The minimum absolute atomic E-state index is 0.0575. The highest BCUT2D eigenvalue weighted by atomic mass is 19.4. The molecule has 2 rings (SSSR count). The summed E-state index contributed by atoms with van der Waals surface area (Å²) >= 11 is 0. The molecule has 0 unspecified atom stereocenters. The monoisotopic (exact) mass is 520 g/mol. The second-order valence-corrected chi connectivity index (χ2v) is 9.30. The molecular formula is C29H39F3N2O3. The number of carbonyl (C=O) groups excluding carboxylic acids is 2. The smallest absolute Gasteiger partial charge is 0.352 e. The maximum Gasteiger partial charge on any atom is 0.416 e. The molecule has 0 radical (unpaired) electrons. The van der Waals surface area contributed by atoms with Gasteiger partial charge in [0.15, 0.2) is 0 Å². The molecule has 0 aliphatic rings. The third-order valence-corrected chi connectivity index (χ3v) is 6.08. The van der Waals surface area contributed by atoms with Crippen LogP contribution in [0.15, 0.2) is 48.5 Å². The number of hydrogen-bond acceptors (Lipinski definition) is 4. The van der Waals surface area contributed by atoms with Crippen molar-refractivity contribution in [2.45, 2.75) is 90.8 Å². The van der Waals surface area contributed by atoms with Gasteiger partial charge in [0.1, 0.15) is 0 Å². The molecule has 1 N–H and O–H groups in total. The van der Waals surface area contributed by atoms with Crippen molar-refractivity contribution < 1.29 is 27.6 Å². The highest BCUT2D eigenvalue weighted by Crippen LogP contribution is 2.29. The molecule has 2 aromatic rings. The maximum atomic E-state index is 12.8. The molecule has 204 valence electrons. The van der Waals surface area contributed by atoms with Gasteiger partial charge in [-0.25, -0.2) is 5.06 Å². The molecule has 0 aromatic heterocycles. The van der Waals surface area contributed by atoms with Crippen molar-refractivity contribution in [3.8, 4) is 0 Å². The highest BCUT2D eigenvalue weighted by Gasteiger charge is 2.30. The Labute approximate surface area is 218 Å². The lowest BCUT2D eigenvalue weighted by Gasteiger charge is -2.23. The first kappa shape index (κ1) is 30.2. The molecule has 0 bridgehead atoms. The average molecular weight is 521 g/mol. The Morgan fingerprint density at radius 1 is 0.811 bits per heavy atom. The molecule has 5 nitrogen and oxygen atoms in total. The van der Waals surface area contributed by atoms with Gasteiger partial charge in [-0.05, 0) is 48.4 Å². The zero-order valence-corrected chi connectivity index (χ0v) is 21.9. The van der Waals surface area contributed by atoms with Gasteiger partial charge in [0.25, 0.3) is 5.91 Å². The van der Waals surface area contributed by atoms with Crippen LogP contribution in [0.2, 0.25) is 0 Å². The molecule has 0 fully saturated rings. The fraction of sp³-hybridized carbons (Fsp3) is 0.517. The topological polar surface area (TPSA) is 58.6 Å². The van der Waals surface area contributed by atoms with Gasteiger partial charge in [-0.3, -0.25) is 9.59 Å². The number of halogens is 3. The van der Waals surface area contributed by atoms with Gasteiger partial charge >= 0.3 is 12.1 Å². The lowest BCUT2D eigenvalue weighted by Crippen LogP contribution is -2.26. The molecule has 1 amide bonds. The average Bonchev–Trinajstić information content (AvgIpc) is 2.86. The van der Waals surface area contributed by atoms with Crippen LogP contribution in [-0.2, 0) is 22.4 Å². The van der Waals surface area contributed by atoms with Crippen molar-refractivity contribution in [3.05, 3.63) is 65.2 Å². The van der Waals surface area contributed by atoms with Crippen molar-refractivity contribution in [3.63, 3.8) is 0 Å². The predicted octanol–water partition coefficient (Wildman–Crippen LogP) is 7.84. The Balaban J connectivity index is 1.80. The van der Waals surface area contributed by atoms with Gasteiger partial charge in [-0.2, -0.15) is 13.2 Å². The van der Waals surface area contributed by atoms with E-state index in [1.54, 1.807) is 24.3 Å². The SMILES string of the molecule is CCCCCCCCCCCCNC(=O)c1ccc(N(Cc2ccc(C(F)(F)F)cc2)OC(C)=O)cc1. The molecular weight excluding hydrogens is 481 g/mol. The number of hydrogen-bond donors (Lipinski definition) is 1. The first-order chi connectivity index (χ1) is 17.7. The number of rotatable bonds is 16. The first-order valence-electron chi connectivity index (χ1n) is 13.2. The predicted molar refractivity (Wildman–Crippen MR) is 140 cm³/mol. The summed E-state index contributed by atoms with van der Waals surface area (Å²) in [5, 5.41) is 4.22. The van der Waals surface area contributed by atoms with Gasteiger partial charge in [0.2, 0.25) is 0 Å². The molecule has 0 aliphatic carbocycles. The number of carbonyl (C=O) groups is 2.